The summed E-state index contributed by atoms with van der Waals surface area (Å²) in [6, 6.07) is 8.22. The highest BCUT2D eigenvalue weighted by atomic mass is 16.5. The Bertz CT molecular complexity index is 297. The molecule has 90 valence electrons. The zero-order valence-electron chi connectivity index (χ0n) is 10.6. The maximum atomic E-state index is 5.58. The number of hydrogen-bond acceptors (Lipinski definition) is 2. The van der Waals surface area contributed by atoms with Crippen molar-refractivity contribution >= 4 is 0 Å². The van der Waals surface area contributed by atoms with Gasteiger partial charge in [-0.2, -0.15) is 0 Å². The number of nitrogens with one attached hydrogen (secondary N) is 1. The fourth-order valence-corrected chi connectivity index (χ4v) is 1.56. The Hall–Kier alpha value is -1.02. The first-order chi connectivity index (χ1) is 7.74. The average molecular weight is 221 g/mol. The Morgan fingerprint density at radius 3 is 2.69 bits per heavy atom. The van der Waals surface area contributed by atoms with E-state index in [-0.39, 0.29) is 0 Å². The van der Waals surface area contributed by atoms with Gasteiger partial charge in [-0.1, -0.05) is 32.0 Å². The maximum Gasteiger partial charge on any atom is 0.123 e. The van der Waals surface area contributed by atoms with Crippen molar-refractivity contribution in [3.05, 3.63) is 29.8 Å². The van der Waals surface area contributed by atoms with Crippen LogP contribution in [-0.4, -0.2) is 13.2 Å². The van der Waals surface area contributed by atoms with Crippen LogP contribution in [0.3, 0.4) is 0 Å². The summed E-state index contributed by atoms with van der Waals surface area (Å²) in [5.74, 6) is 1.76. The molecule has 0 aliphatic rings. The van der Waals surface area contributed by atoms with Gasteiger partial charge >= 0.3 is 0 Å². The summed E-state index contributed by atoms with van der Waals surface area (Å²) in [7, 11) is 0. The Labute approximate surface area is 99.0 Å². The van der Waals surface area contributed by atoms with Gasteiger partial charge in [-0.05, 0) is 31.9 Å². The normalized spacial score (nSPS) is 10.8. The molecule has 0 aromatic heterocycles. The SMILES string of the molecule is CCOc1ccccc1CNCCC(C)C. The van der Waals surface area contributed by atoms with Crippen molar-refractivity contribution in [1.29, 1.82) is 0 Å². The Balaban J connectivity index is 2.40. The van der Waals surface area contributed by atoms with E-state index in [0.717, 1.165) is 31.4 Å². The zero-order chi connectivity index (χ0) is 11.8. The molecule has 1 N–H and O–H groups in total. The number of rotatable bonds is 7. The molecule has 1 aromatic rings. The van der Waals surface area contributed by atoms with E-state index < -0.39 is 0 Å². The second kappa shape index (κ2) is 7.29. The Kier molecular flexibility index (Phi) is 5.94. The molecule has 0 aliphatic carbocycles. The summed E-state index contributed by atoms with van der Waals surface area (Å²) in [4.78, 5) is 0. The third-order valence-electron chi connectivity index (χ3n) is 2.49. The van der Waals surface area contributed by atoms with Crippen LogP contribution in [0.5, 0.6) is 5.75 Å². The Morgan fingerprint density at radius 2 is 2.00 bits per heavy atom. The van der Waals surface area contributed by atoms with Crippen molar-refractivity contribution in [3.8, 4) is 5.75 Å². The van der Waals surface area contributed by atoms with Crippen molar-refractivity contribution < 1.29 is 4.74 Å². The largest absolute Gasteiger partial charge is 0.494 e. The van der Waals surface area contributed by atoms with E-state index in [1.165, 1.54) is 12.0 Å². The summed E-state index contributed by atoms with van der Waals surface area (Å²) in [5.41, 5.74) is 1.24. The van der Waals surface area contributed by atoms with Gasteiger partial charge < -0.3 is 10.1 Å². The molecule has 0 heterocycles. The minimum absolute atomic E-state index is 0.725. The van der Waals surface area contributed by atoms with Crippen LogP contribution in [0.25, 0.3) is 0 Å². The third-order valence-corrected chi connectivity index (χ3v) is 2.49. The molecule has 0 spiro atoms. The van der Waals surface area contributed by atoms with Gasteiger partial charge in [0.1, 0.15) is 5.75 Å². The summed E-state index contributed by atoms with van der Waals surface area (Å²) >= 11 is 0. The van der Waals surface area contributed by atoms with E-state index in [9.17, 15) is 0 Å². The lowest BCUT2D eigenvalue weighted by Crippen LogP contribution is -2.16. The zero-order valence-corrected chi connectivity index (χ0v) is 10.6. The smallest absolute Gasteiger partial charge is 0.123 e. The van der Waals surface area contributed by atoms with Crippen molar-refractivity contribution in [2.75, 3.05) is 13.2 Å². The summed E-state index contributed by atoms with van der Waals surface area (Å²) in [6.45, 7) is 9.19. The summed E-state index contributed by atoms with van der Waals surface area (Å²) < 4.78 is 5.58. The predicted molar refractivity (Wildman–Crippen MR) is 68.8 cm³/mol. The van der Waals surface area contributed by atoms with Gasteiger partial charge in [-0.3, -0.25) is 0 Å². The monoisotopic (exact) mass is 221 g/mol. The maximum absolute atomic E-state index is 5.58. The minimum atomic E-state index is 0.725. The molecular weight excluding hydrogens is 198 g/mol. The van der Waals surface area contributed by atoms with Gasteiger partial charge in [0, 0.05) is 12.1 Å². The molecule has 0 atom stereocenters. The van der Waals surface area contributed by atoms with Crippen LogP contribution in [0.4, 0.5) is 0 Å². The number of hydrogen-bond donors (Lipinski definition) is 1. The number of benzene rings is 1. The standard InChI is InChI=1S/C14H23NO/c1-4-16-14-8-6-5-7-13(14)11-15-10-9-12(2)3/h5-8,12,15H,4,9-11H2,1-3H3. The molecule has 1 aromatic carbocycles. The fraction of sp³-hybridized carbons (Fsp3) is 0.571. The van der Waals surface area contributed by atoms with Crippen molar-refractivity contribution in [2.45, 2.75) is 33.7 Å². The molecule has 0 fully saturated rings. The highest BCUT2D eigenvalue weighted by molar-refractivity contribution is 5.33. The van der Waals surface area contributed by atoms with Gasteiger partial charge in [-0.25, -0.2) is 0 Å². The van der Waals surface area contributed by atoms with E-state index in [0.29, 0.717) is 0 Å². The summed E-state index contributed by atoms with van der Waals surface area (Å²) in [6.07, 6.45) is 1.22. The van der Waals surface area contributed by atoms with E-state index in [1.54, 1.807) is 0 Å². The molecule has 1 rings (SSSR count). The highest BCUT2D eigenvalue weighted by Gasteiger charge is 2.01. The number of ether oxygens (including phenoxy) is 1. The molecule has 16 heavy (non-hydrogen) atoms. The Morgan fingerprint density at radius 1 is 1.25 bits per heavy atom. The first-order valence-corrected chi connectivity index (χ1v) is 6.15. The lowest BCUT2D eigenvalue weighted by molar-refractivity contribution is 0.335. The van der Waals surface area contributed by atoms with Gasteiger partial charge in [0.15, 0.2) is 0 Å². The quantitative estimate of drug-likeness (QED) is 0.714. The van der Waals surface area contributed by atoms with Gasteiger partial charge in [-0.15, -0.1) is 0 Å². The average Bonchev–Trinajstić information content (AvgIpc) is 2.26. The van der Waals surface area contributed by atoms with E-state index in [2.05, 4.69) is 31.3 Å². The van der Waals surface area contributed by atoms with Crippen molar-refractivity contribution in [1.82, 2.24) is 5.32 Å². The van der Waals surface area contributed by atoms with Crippen LogP contribution < -0.4 is 10.1 Å². The third kappa shape index (κ3) is 4.67. The van der Waals surface area contributed by atoms with E-state index >= 15 is 0 Å². The van der Waals surface area contributed by atoms with E-state index in [4.69, 9.17) is 4.74 Å². The number of para-hydroxylation sites is 1. The lowest BCUT2D eigenvalue weighted by Gasteiger charge is -2.11. The minimum Gasteiger partial charge on any atom is -0.494 e. The van der Waals surface area contributed by atoms with Gasteiger partial charge in [0.2, 0.25) is 0 Å². The fourth-order valence-electron chi connectivity index (χ4n) is 1.56. The molecule has 0 amide bonds. The molecule has 0 saturated heterocycles. The van der Waals surface area contributed by atoms with Gasteiger partial charge in [0.05, 0.1) is 6.61 Å². The molecule has 0 unspecified atom stereocenters. The van der Waals surface area contributed by atoms with Crippen LogP contribution in [0.15, 0.2) is 24.3 Å². The van der Waals surface area contributed by atoms with Gasteiger partial charge in [0.25, 0.3) is 0 Å². The van der Waals surface area contributed by atoms with Crippen molar-refractivity contribution in [2.24, 2.45) is 5.92 Å². The molecule has 0 aliphatic heterocycles. The van der Waals surface area contributed by atoms with Crippen molar-refractivity contribution in [3.63, 3.8) is 0 Å². The topological polar surface area (TPSA) is 21.3 Å². The van der Waals surface area contributed by atoms with Crippen LogP contribution >= 0.6 is 0 Å². The predicted octanol–water partition coefficient (Wildman–Crippen LogP) is 3.22. The van der Waals surface area contributed by atoms with Crippen LogP contribution in [0.1, 0.15) is 32.8 Å². The molecule has 0 bridgehead atoms. The first kappa shape index (κ1) is 13.0. The molecule has 2 nitrogen and oxygen atoms in total. The first-order valence-electron chi connectivity index (χ1n) is 6.15. The van der Waals surface area contributed by atoms with Crippen LogP contribution in [0.2, 0.25) is 0 Å². The highest BCUT2D eigenvalue weighted by Crippen LogP contribution is 2.17. The van der Waals surface area contributed by atoms with Crippen LogP contribution in [0, 0.1) is 5.92 Å². The van der Waals surface area contributed by atoms with E-state index in [1.807, 2.05) is 19.1 Å². The second-order valence-corrected chi connectivity index (χ2v) is 4.40. The molecule has 2 heteroatoms. The molecule has 0 saturated carbocycles. The molecule has 0 radical (unpaired) electrons. The summed E-state index contributed by atoms with van der Waals surface area (Å²) in [5, 5.41) is 3.45. The van der Waals surface area contributed by atoms with Crippen LogP contribution in [-0.2, 0) is 6.54 Å². The lowest BCUT2D eigenvalue weighted by atomic mass is 10.1. The second-order valence-electron chi connectivity index (χ2n) is 4.40. The molecular formula is C14H23NO.